The molecule has 11 rings (SSSR count). The fraction of sp³-hybridized carbons (Fsp3) is 0. The first-order valence-corrected chi connectivity index (χ1v) is 19.7. The normalized spacial score (nSPS) is 12.5. The molecule has 2 nitrogen and oxygen atoms in total. The van der Waals surface area contributed by atoms with Gasteiger partial charge in [0.2, 0.25) is 0 Å². The molecule has 0 N–H and O–H groups in total. The minimum Gasteiger partial charge on any atom is -0.311 e. The zero-order valence-corrected chi connectivity index (χ0v) is 31.3. The quantitative estimate of drug-likeness (QED) is 0.158. The second kappa shape index (κ2) is 13.7. The Morgan fingerprint density at radius 1 is 0.246 bits per heavy atom. The maximum Gasteiger partial charge on any atom is 0.253 e. The number of rotatable bonds is 6. The van der Waals surface area contributed by atoms with Crippen LogP contribution in [-0.2, 0) is 0 Å². The average Bonchev–Trinajstić information content (AvgIpc) is 3.30. The largest absolute Gasteiger partial charge is 0.311 e. The topological polar surface area (TPSA) is 6.48 Å². The Morgan fingerprint density at radius 3 is 1.12 bits per heavy atom. The van der Waals surface area contributed by atoms with Gasteiger partial charge < -0.3 is 9.80 Å². The van der Waals surface area contributed by atoms with E-state index in [4.69, 9.17) is 0 Å². The molecule has 0 spiro atoms. The molecule has 9 aromatic carbocycles. The van der Waals surface area contributed by atoms with Gasteiger partial charge in [-0.3, -0.25) is 0 Å². The minimum absolute atomic E-state index is 0.0394. The summed E-state index contributed by atoms with van der Waals surface area (Å²) in [5.74, 6) is 0. The Hall–Kier alpha value is -7.36. The molecule has 0 saturated heterocycles. The first kappa shape index (κ1) is 33.0. The predicted molar refractivity (Wildman–Crippen MR) is 242 cm³/mol. The summed E-state index contributed by atoms with van der Waals surface area (Å²) in [4.78, 5) is 5.01. The molecular weight excluding hydrogens is 687 g/mol. The van der Waals surface area contributed by atoms with E-state index in [2.05, 4.69) is 234 Å². The van der Waals surface area contributed by atoms with Crippen LogP contribution in [0.4, 0.5) is 34.1 Å². The second-order valence-electron chi connectivity index (χ2n) is 14.9. The molecule has 0 fully saturated rings. The van der Waals surface area contributed by atoms with Crippen molar-refractivity contribution in [3.8, 4) is 44.5 Å². The van der Waals surface area contributed by atoms with E-state index in [1.807, 2.05) is 0 Å². The number of fused-ring (bicyclic) bond motifs is 4. The van der Waals surface area contributed by atoms with Gasteiger partial charge in [-0.05, 0) is 109 Å². The number of hydrogen-bond donors (Lipinski definition) is 0. The highest BCUT2D eigenvalue weighted by molar-refractivity contribution is 7.01. The molecule has 0 atom stereocenters. The lowest BCUT2D eigenvalue weighted by Crippen LogP contribution is -2.62. The Balaban J connectivity index is 1.22. The molecule has 0 bridgehead atoms. The molecule has 0 unspecified atom stereocenters. The Kier molecular flexibility index (Phi) is 7.96. The molecule has 0 radical (unpaired) electrons. The van der Waals surface area contributed by atoms with Crippen LogP contribution in [0.15, 0.2) is 224 Å². The lowest BCUT2D eigenvalue weighted by Gasteiger charge is -2.45. The minimum atomic E-state index is -0.0394. The highest BCUT2D eigenvalue weighted by Crippen LogP contribution is 2.46. The first-order chi connectivity index (χ1) is 28.3. The van der Waals surface area contributed by atoms with Gasteiger partial charge in [0, 0.05) is 34.1 Å². The SMILES string of the molecule is c1ccc(-c2ccc(N3c4cccc(-c5ccccc5)c4B4c5c(-c6ccccc6)cccc5N(c5cccc(-c6ccccc6)c5)c5cccc3c54)cc2)cc1. The lowest BCUT2D eigenvalue weighted by atomic mass is 9.32. The smallest absolute Gasteiger partial charge is 0.253 e. The van der Waals surface area contributed by atoms with E-state index in [1.165, 1.54) is 83.6 Å². The van der Waals surface area contributed by atoms with Crippen molar-refractivity contribution in [3.05, 3.63) is 224 Å². The summed E-state index contributed by atoms with van der Waals surface area (Å²) in [6.07, 6.45) is 0. The molecule has 2 aliphatic rings. The predicted octanol–water partition coefficient (Wildman–Crippen LogP) is 12.4. The van der Waals surface area contributed by atoms with E-state index < -0.39 is 0 Å². The summed E-state index contributed by atoms with van der Waals surface area (Å²) in [6.45, 7) is -0.0394. The Bertz CT molecular complexity index is 2890. The molecule has 266 valence electrons. The van der Waals surface area contributed by atoms with Crippen LogP contribution in [0, 0.1) is 0 Å². The summed E-state index contributed by atoms with van der Waals surface area (Å²) >= 11 is 0. The standard InChI is InChI=1S/C54H37BN2/c1-5-17-38(18-6-1)40-33-35-44(36-34-40)56-48-29-14-27-46(41-21-9-3-10-22-41)52(48)55-53-47(42-23-11-4-12-24-42)28-15-30-49(53)57(51-32-16-31-50(56)54(51)55)45-26-13-25-43(37-45)39-19-7-2-8-20-39/h1-37H. The van der Waals surface area contributed by atoms with E-state index in [0.29, 0.717) is 0 Å². The number of hydrogen-bond acceptors (Lipinski definition) is 2. The third kappa shape index (κ3) is 5.51. The summed E-state index contributed by atoms with van der Waals surface area (Å²) in [6, 6.07) is 82.0. The van der Waals surface area contributed by atoms with Gasteiger partial charge in [0.1, 0.15) is 0 Å². The van der Waals surface area contributed by atoms with Gasteiger partial charge >= 0.3 is 0 Å². The van der Waals surface area contributed by atoms with Crippen molar-refractivity contribution in [2.24, 2.45) is 0 Å². The van der Waals surface area contributed by atoms with Crippen LogP contribution in [0.1, 0.15) is 0 Å². The van der Waals surface area contributed by atoms with Crippen LogP contribution >= 0.6 is 0 Å². The number of benzene rings is 9. The molecule has 2 aliphatic heterocycles. The van der Waals surface area contributed by atoms with Gasteiger partial charge in [0.25, 0.3) is 6.71 Å². The third-order valence-corrected chi connectivity index (χ3v) is 11.7. The van der Waals surface area contributed by atoms with Crippen molar-refractivity contribution in [2.75, 3.05) is 9.80 Å². The molecule has 0 amide bonds. The Labute approximate surface area is 334 Å². The van der Waals surface area contributed by atoms with E-state index in [0.717, 1.165) is 11.4 Å². The van der Waals surface area contributed by atoms with Crippen LogP contribution in [0.25, 0.3) is 44.5 Å². The molecule has 3 heteroatoms. The molecule has 57 heavy (non-hydrogen) atoms. The molecule has 0 aliphatic carbocycles. The highest BCUT2D eigenvalue weighted by atomic mass is 15.2. The fourth-order valence-corrected chi connectivity index (χ4v) is 9.21. The fourth-order valence-electron chi connectivity index (χ4n) is 9.21. The zero-order valence-electron chi connectivity index (χ0n) is 31.3. The third-order valence-electron chi connectivity index (χ3n) is 11.7. The zero-order chi connectivity index (χ0) is 37.7. The molecular formula is C54H37BN2. The van der Waals surface area contributed by atoms with Crippen LogP contribution < -0.4 is 26.2 Å². The van der Waals surface area contributed by atoms with Crippen LogP contribution in [0.2, 0.25) is 0 Å². The van der Waals surface area contributed by atoms with Gasteiger partial charge in [-0.1, -0.05) is 176 Å². The van der Waals surface area contributed by atoms with E-state index in [1.54, 1.807) is 0 Å². The van der Waals surface area contributed by atoms with Gasteiger partial charge in [-0.2, -0.15) is 0 Å². The lowest BCUT2D eigenvalue weighted by molar-refractivity contribution is 1.25. The van der Waals surface area contributed by atoms with E-state index >= 15 is 0 Å². The van der Waals surface area contributed by atoms with Crippen molar-refractivity contribution in [2.45, 2.75) is 0 Å². The second-order valence-corrected chi connectivity index (χ2v) is 14.9. The summed E-state index contributed by atoms with van der Waals surface area (Å²) in [5.41, 5.74) is 20.7. The molecule has 9 aromatic rings. The average molecular weight is 725 g/mol. The van der Waals surface area contributed by atoms with Crippen molar-refractivity contribution >= 4 is 57.2 Å². The van der Waals surface area contributed by atoms with Crippen LogP contribution in [0.5, 0.6) is 0 Å². The van der Waals surface area contributed by atoms with Crippen LogP contribution in [0.3, 0.4) is 0 Å². The van der Waals surface area contributed by atoms with E-state index in [9.17, 15) is 0 Å². The summed E-state index contributed by atoms with van der Waals surface area (Å²) in [5, 5.41) is 0. The van der Waals surface area contributed by atoms with Gasteiger partial charge in [0.05, 0.1) is 0 Å². The monoisotopic (exact) mass is 724 g/mol. The van der Waals surface area contributed by atoms with Crippen molar-refractivity contribution in [3.63, 3.8) is 0 Å². The maximum atomic E-state index is 2.51. The van der Waals surface area contributed by atoms with E-state index in [-0.39, 0.29) is 6.71 Å². The number of nitrogens with zero attached hydrogens (tertiary/aromatic N) is 2. The summed E-state index contributed by atoms with van der Waals surface area (Å²) < 4.78 is 0. The molecule has 0 aromatic heterocycles. The van der Waals surface area contributed by atoms with Crippen molar-refractivity contribution in [1.82, 2.24) is 0 Å². The molecule has 2 heterocycles. The highest BCUT2D eigenvalue weighted by Gasteiger charge is 2.45. The number of anilines is 6. The van der Waals surface area contributed by atoms with Crippen LogP contribution in [-0.4, -0.2) is 6.71 Å². The summed E-state index contributed by atoms with van der Waals surface area (Å²) in [7, 11) is 0. The van der Waals surface area contributed by atoms with Crippen molar-refractivity contribution < 1.29 is 0 Å². The van der Waals surface area contributed by atoms with Gasteiger partial charge in [-0.15, -0.1) is 0 Å². The van der Waals surface area contributed by atoms with Crippen molar-refractivity contribution in [1.29, 1.82) is 0 Å². The Morgan fingerprint density at radius 2 is 0.614 bits per heavy atom. The van der Waals surface area contributed by atoms with Gasteiger partial charge in [-0.25, -0.2) is 0 Å². The van der Waals surface area contributed by atoms with Gasteiger partial charge in [0.15, 0.2) is 0 Å². The maximum absolute atomic E-state index is 2.51. The first-order valence-electron chi connectivity index (χ1n) is 19.7. The molecule has 0 saturated carbocycles.